The highest BCUT2D eigenvalue weighted by molar-refractivity contribution is 5.10. The van der Waals surface area contributed by atoms with E-state index in [0.29, 0.717) is 0 Å². The minimum atomic E-state index is 0.138. The van der Waals surface area contributed by atoms with E-state index in [9.17, 15) is 0 Å². The fourth-order valence-electron chi connectivity index (χ4n) is 1.97. The van der Waals surface area contributed by atoms with Crippen LogP contribution in [-0.4, -0.2) is 23.7 Å². The van der Waals surface area contributed by atoms with E-state index in [1.165, 1.54) is 5.56 Å². The van der Waals surface area contributed by atoms with Gasteiger partial charge in [0.15, 0.2) is 0 Å². The summed E-state index contributed by atoms with van der Waals surface area (Å²) in [5, 5.41) is 0. The van der Waals surface area contributed by atoms with Crippen LogP contribution in [0.25, 0.3) is 0 Å². The zero-order valence-corrected chi connectivity index (χ0v) is 10.7. The molecule has 1 aromatic heterocycles. The summed E-state index contributed by atoms with van der Waals surface area (Å²) < 4.78 is 5.74. The Bertz CT molecular complexity index is 286. The fraction of sp³-hybridized carbons (Fsp3) is 0.615. The van der Waals surface area contributed by atoms with E-state index in [2.05, 4.69) is 23.4 Å². The van der Waals surface area contributed by atoms with E-state index in [-0.39, 0.29) is 12.1 Å². The van der Waals surface area contributed by atoms with E-state index in [1.54, 1.807) is 6.20 Å². The first-order valence-corrected chi connectivity index (χ1v) is 6.28. The number of hydrazine groups is 1. The molecule has 0 fully saturated rings. The smallest absolute Gasteiger partial charge is 0.0744 e. The highest BCUT2D eigenvalue weighted by atomic mass is 16.5. The minimum Gasteiger partial charge on any atom is -0.377 e. The molecule has 96 valence electrons. The lowest BCUT2D eigenvalue weighted by Gasteiger charge is -2.26. The summed E-state index contributed by atoms with van der Waals surface area (Å²) in [5.41, 5.74) is 4.04. The minimum absolute atomic E-state index is 0.138. The number of nitrogens with zero attached hydrogens (tertiary/aromatic N) is 1. The predicted octanol–water partition coefficient (Wildman–Crippen LogP) is 1.66. The first-order valence-electron chi connectivity index (χ1n) is 6.28. The van der Waals surface area contributed by atoms with Crippen molar-refractivity contribution in [2.45, 2.75) is 45.3 Å². The van der Waals surface area contributed by atoms with Gasteiger partial charge in [0.05, 0.1) is 12.1 Å². The standard InChI is InChI=1S/C13H23N3O/c1-3-6-13(17-4-2)12(16-14)9-11-7-5-8-15-10-11/h5,7-8,10,12-13,16H,3-4,6,9,14H2,1-2H3. The van der Waals surface area contributed by atoms with E-state index >= 15 is 0 Å². The molecule has 0 aromatic carbocycles. The van der Waals surface area contributed by atoms with Crippen LogP contribution in [0.1, 0.15) is 32.3 Å². The Morgan fingerprint density at radius 3 is 2.82 bits per heavy atom. The second-order valence-corrected chi connectivity index (χ2v) is 4.12. The van der Waals surface area contributed by atoms with E-state index in [1.807, 2.05) is 19.2 Å². The van der Waals surface area contributed by atoms with Gasteiger partial charge in [-0.2, -0.15) is 0 Å². The van der Waals surface area contributed by atoms with E-state index < -0.39 is 0 Å². The summed E-state index contributed by atoms with van der Waals surface area (Å²) >= 11 is 0. The van der Waals surface area contributed by atoms with Crippen molar-refractivity contribution in [2.75, 3.05) is 6.61 Å². The second kappa shape index (κ2) is 8.17. The van der Waals surface area contributed by atoms with Gasteiger partial charge in [0.2, 0.25) is 0 Å². The Kier molecular flexibility index (Phi) is 6.77. The average molecular weight is 237 g/mol. The zero-order valence-electron chi connectivity index (χ0n) is 10.7. The highest BCUT2D eigenvalue weighted by Gasteiger charge is 2.20. The van der Waals surface area contributed by atoms with Crippen molar-refractivity contribution >= 4 is 0 Å². The monoisotopic (exact) mass is 237 g/mol. The zero-order chi connectivity index (χ0) is 12.5. The third-order valence-electron chi connectivity index (χ3n) is 2.80. The van der Waals surface area contributed by atoms with Crippen LogP contribution in [0.15, 0.2) is 24.5 Å². The van der Waals surface area contributed by atoms with Crippen LogP contribution in [0.3, 0.4) is 0 Å². The van der Waals surface area contributed by atoms with Crippen LogP contribution in [0.2, 0.25) is 0 Å². The summed E-state index contributed by atoms with van der Waals surface area (Å²) in [6.07, 6.45) is 6.77. The molecule has 3 N–H and O–H groups in total. The van der Waals surface area contributed by atoms with Crippen molar-refractivity contribution < 1.29 is 4.74 Å². The van der Waals surface area contributed by atoms with Gasteiger partial charge in [0.1, 0.15) is 0 Å². The lowest BCUT2D eigenvalue weighted by molar-refractivity contribution is 0.0281. The van der Waals surface area contributed by atoms with Crippen molar-refractivity contribution in [1.29, 1.82) is 0 Å². The van der Waals surface area contributed by atoms with Crippen LogP contribution >= 0.6 is 0 Å². The summed E-state index contributed by atoms with van der Waals surface area (Å²) in [6.45, 7) is 4.89. The van der Waals surface area contributed by atoms with E-state index in [0.717, 1.165) is 25.9 Å². The number of rotatable bonds is 8. The molecule has 1 aromatic rings. The number of aromatic nitrogens is 1. The number of hydrogen-bond donors (Lipinski definition) is 2. The Labute approximate surface area is 104 Å². The largest absolute Gasteiger partial charge is 0.377 e. The summed E-state index contributed by atoms with van der Waals surface area (Å²) in [5.74, 6) is 5.63. The van der Waals surface area contributed by atoms with Gasteiger partial charge in [-0.3, -0.25) is 16.3 Å². The van der Waals surface area contributed by atoms with Crippen LogP contribution in [0, 0.1) is 0 Å². The summed E-state index contributed by atoms with van der Waals surface area (Å²) in [6, 6.07) is 4.14. The van der Waals surface area contributed by atoms with Crippen LogP contribution in [-0.2, 0) is 11.2 Å². The molecule has 2 atom stereocenters. The van der Waals surface area contributed by atoms with Gasteiger partial charge in [-0.15, -0.1) is 0 Å². The SMILES string of the molecule is CCCC(OCC)C(Cc1cccnc1)NN. The van der Waals surface area contributed by atoms with Gasteiger partial charge in [0, 0.05) is 19.0 Å². The van der Waals surface area contributed by atoms with Gasteiger partial charge in [-0.25, -0.2) is 0 Å². The molecule has 1 rings (SSSR count). The molecule has 4 nitrogen and oxygen atoms in total. The predicted molar refractivity (Wildman–Crippen MR) is 69.4 cm³/mol. The molecule has 0 radical (unpaired) electrons. The van der Waals surface area contributed by atoms with Crippen molar-refractivity contribution in [3.63, 3.8) is 0 Å². The van der Waals surface area contributed by atoms with Crippen LogP contribution in [0.4, 0.5) is 0 Å². The maximum absolute atomic E-state index is 5.74. The number of nitrogens with one attached hydrogen (secondary N) is 1. The van der Waals surface area contributed by atoms with Gasteiger partial charge in [-0.1, -0.05) is 19.4 Å². The first-order chi connectivity index (χ1) is 8.31. The van der Waals surface area contributed by atoms with E-state index in [4.69, 9.17) is 10.6 Å². The molecule has 0 saturated carbocycles. The molecular weight excluding hydrogens is 214 g/mol. The van der Waals surface area contributed by atoms with Crippen molar-refractivity contribution in [3.05, 3.63) is 30.1 Å². The van der Waals surface area contributed by atoms with Gasteiger partial charge < -0.3 is 4.74 Å². The molecule has 17 heavy (non-hydrogen) atoms. The average Bonchev–Trinajstić information content (AvgIpc) is 2.37. The first kappa shape index (κ1) is 14.1. The highest BCUT2D eigenvalue weighted by Crippen LogP contribution is 2.12. The second-order valence-electron chi connectivity index (χ2n) is 4.12. The number of nitrogens with two attached hydrogens (primary N) is 1. The maximum Gasteiger partial charge on any atom is 0.0744 e. The third kappa shape index (κ3) is 4.81. The molecule has 0 aliphatic rings. The molecule has 2 unspecified atom stereocenters. The maximum atomic E-state index is 5.74. The lowest BCUT2D eigenvalue weighted by Crippen LogP contribution is -2.46. The van der Waals surface area contributed by atoms with Crippen molar-refractivity contribution in [2.24, 2.45) is 5.84 Å². The van der Waals surface area contributed by atoms with Crippen molar-refractivity contribution in [3.8, 4) is 0 Å². The number of ether oxygens (including phenoxy) is 1. The quantitative estimate of drug-likeness (QED) is 0.533. The van der Waals surface area contributed by atoms with Gasteiger partial charge >= 0.3 is 0 Å². The molecule has 0 spiro atoms. The molecular formula is C13H23N3O. The van der Waals surface area contributed by atoms with Crippen molar-refractivity contribution in [1.82, 2.24) is 10.4 Å². The molecule has 0 saturated heterocycles. The molecule has 0 amide bonds. The molecule has 0 aliphatic carbocycles. The molecule has 1 heterocycles. The molecule has 4 heteroatoms. The van der Waals surface area contributed by atoms with Crippen LogP contribution in [0.5, 0.6) is 0 Å². The Morgan fingerprint density at radius 1 is 1.47 bits per heavy atom. The Balaban J connectivity index is 2.61. The van der Waals surface area contributed by atoms with Crippen LogP contribution < -0.4 is 11.3 Å². The van der Waals surface area contributed by atoms with Gasteiger partial charge in [0.25, 0.3) is 0 Å². The lowest BCUT2D eigenvalue weighted by atomic mass is 10.00. The summed E-state index contributed by atoms with van der Waals surface area (Å²) in [7, 11) is 0. The third-order valence-corrected chi connectivity index (χ3v) is 2.80. The topological polar surface area (TPSA) is 60.2 Å². The Morgan fingerprint density at radius 2 is 2.29 bits per heavy atom. The normalized spacial score (nSPS) is 14.5. The number of hydrogen-bond acceptors (Lipinski definition) is 4. The number of pyridine rings is 1. The molecule has 0 bridgehead atoms. The summed E-state index contributed by atoms with van der Waals surface area (Å²) in [4.78, 5) is 4.11. The Hall–Kier alpha value is -0.970. The fourth-order valence-corrected chi connectivity index (χ4v) is 1.97. The van der Waals surface area contributed by atoms with Gasteiger partial charge in [-0.05, 0) is 31.4 Å². The molecule has 0 aliphatic heterocycles.